The molecule has 0 radical (unpaired) electrons. The molecule has 72 valence electrons. The molecule has 5 heteroatoms. The van der Waals surface area contributed by atoms with Gasteiger partial charge >= 0.3 is 0 Å². The average Bonchev–Trinajstić information content (AvgIpc) is 2.42. The summed E-state index contributed by atoms with van der Waals surface area (Å²) in [7, 11) is 0. The summed E-state index contributed by atoms with van der Waals surface area (Å²) in [6.45, 7) is 2.75. The maximum Gasteiger partial charge on any atom is 0.145 e. The maximum absolute atomic E-state index is 5.49. The quantitative estimate of drug-likeness (QED) is 0.771. The number of thioether (sulfide) groups is 1. The summed E-state index contributed by atoms with van der Waals surface area (Å²) in [4.78, 5) is 0. The first-order chi connectivity index (χ1) is 6.34. The van der Waals surface area contributed by atoms with Crippen LogP contribution in [0.2, 0.25) is 0 Å². The van der Waals surface area contributed by atoms with Crippen LogP contribution in [0.25, 0.3) is 0 Å². The lowest BCUT2D eigenvalue weighted by Crippen LogP contribution is -2.30. The van der Waals surface area contributed by atoms with Gasteiger partial charge in [0.2, 0.25) is 0 Å². The van der Waals surface area contributed by atoms with Gasteiger partial charge in [-0.3, -0.25) is 4.68 Å². The molecule has 13 heavy (non-hydrogen) atoms. The lowest BCUT2D eigenvalue weighted by Gasteiger charge is -2.25. The number of nitrogens with zero attached hydrogens (tertiary/aromatic N) is 2. The predicted octanol–water partition coefficient (Wildman–Crippen LogP) is 0.597. The smallest absolute Gasteiger partial charge is 0.145 e. The van der Waals surface area contributed by atoms with E-state index in [0.717, 1.165) is 25.5 Å². The van der Waals surface area contributed by atoms with Crippen molar-refractivity contribution in [2.24, 2.45) is 0 Å². The van der Waals surface area contributed by atoms with Gasteiger partial charge in [0.15, 0.2) is 0 Å². The fourth-order valence-corrected chi connectivity index (χ4v) is 2.14. The minimum Gasteiger partial charge on any atom is -0.382 e. The van der Waals surface area contributed by atoms with Crippen molar-refractivity contribution in [3.63, 3.8) is 0 Å². The van der Waals surface area contributed by atoms with Crippen LogP contribution in [0.5, 0.6) is 0 Å². The Bertz CT molecular complexity index is 272. The molecule has 2 N–H and O–H groups in total. The predicted molar refractivity (Wildman–Crippen MR) is 53.7 cm³/mol. The summed E-state index contributed by atoms with van der Waals surface area (Å²) >= 11 is 1.94. The van der Waals surface area contributed by atoms with E-state index in [1.54, 1.807) is 0 Å². The molecule has 1 aliphatic rings. The van der Waals surface area contributed by atoms with Crippen LogP contribution >= 0.6 is 11.8 Å². The standard InChI is InChI=1S/C8H13N3OS/c9-8-1-2-11(10-8)3-4-13-7-5-12-6-7/h1-2,7H,3-6H2,(H2,9,10). The number of aryl methyl sites for hydroxylation is 1. The van der Waals surface area contributed by atoms with Crippen LogP contribution in [0.4, 0.5) is 5.82 Å². The molecule has 0 bridgehead atoms. The van der Waals surface area contributed by atoms with Crippen LogP contribution in [0.3, 0.4) is 0 Å². The summed E-state index contributed by atoms with van der Waals surface area (Å²) in [5.74, 6) is 1.67. The Balaban J connectivity index is 1.67. The second-order valence-electron chi connectivity index (χ2n) is 3.03. The van der Waals surface area contributed by atoms with Gasteiger partial charge in [0.1, 0.15) is 5.82 Å². The molecule has 2 rings (SSSR count). The third-order valence-corrected chi connectivity index (χ3v) is 3.10. The van der Waals surface area contributed by atoms with Crippen molar-refractivity contribution in [1.29, 1.82) is 0 Å². The molecule has 0 unspecified atom stereocenters. The van der Waals surface area contributed by atoms with Gasteiger partial charge in [0.05, 0.1) is 25.0 Å². The van der Waals surface area contributed by atoms with Gasteiger partial charge in [-0.25, -0.2) is 0 Å². The molecule has 0 saturated carbocycles. The molecule has 0 aliphatic carbocycles. The first-order valence-corrected chi connectivity index (χ1v) is 5.38. The topological polar surface area (TPSA) is 53.1 Å². The SMILES string of the molecule is Nc1ccn(CCSC2COC2)n1. The van der Waals surface area contributed by atoms with E-state index in [4.69, 9.17) is 10.5 Å². The Kier molecular flexibility index (Phi) is 2.75. The minimum absolute atomic E-state index is 0.594. The molecular weight excluding hydrogens is 186 g/mol. The number of nitrogen functional groups attached to an aromatic ring is 1. The summed E-state index contributed by atoms with van der Waals surface area (Å²) in [6, 6.07) is 1.82. The molecule has 0 aromatic carbocycles. The molecule has 1 aromatic rings. The van der Waals surface area contributed by atoms with Crippen LogP contribution in [-0.2, 0) is 11.3 Å². The van der Waals surface area contributed by atoms with E-state index >= 15 is 0 Å². The van der Waals surface area contributed by atoms with Gasteiger partial charge in [-0.15, -0.1) is 0 Å². The lowest BCUT2D eigenvalue weighted by atomic mass is 10.4. The molecule has 1 saturated heterocycles. The van der Waals surface area contributed by atoms with E-state index in [2.05, 4.69) is 5.10 Å². The highest BCUT2D eigenvalue weighted by Gasteiger charge is 2.17. The molecular formula is C8H13N3OS. The largest absolute Gasteiger partial charge is 0.382 e. The molecule has 0 amide bonds. The van der Waals surface area contributed by atoms with Crippen molar-refractivity contribution in [1.82, 2.24) is 9.78 Å². The van der Waals surface area contributed by atoms with Gasteiger partial charge < -0.3 is 10.5 Å². The number of rotatable bonds is 4. The van der Waals surface area contributed by atoms with E-state index in [9.17, 15) is 0 Å². The molecule has 0 spiro atoms. The maximum atomic E-state index is 5.49. The molecule has 0 atom stereocenters. The van der Waals surface area contributed by atoms with Crippen LogP contribution in [0.15, 0.2) is 12.3 Å². The van der Waals surface area contributed by atoms with Crippen LogP contribution < -0.4 is 5.73 Å². The highest BCUT2D eigenvalue weighted by atomic mass is 32.2. The molecule has 2 heterocycles. The van der Waals surface area contributed by atoms with Crippen molar-refractivity contribution in [2.75, 3.05) is 24.7 Å². The first-order valence-electron chi connectivity index (χ1n) is 4.33. The van der Waals surface area contributed by atoms with Crippen molar-refractivity contribution in [3.05, 3.63) is 12.3 Å². The fourth-order valence-electron chi connectivity index (χ4n) is 1.13. The van der Waals surface area contributed by atoms with Crippen molar-refractivity contribution < 1.29 is 4.74 Å². The van der Waals surface area contributed by atoms with E-state index < -0.39 is 0 Å². The Morgan fingerprint density at radius 2 is 2.54 bits per heavy atom. The number of hydrogen-bond acceptors (Lipinski definition) is 4. The number of aromatic nitrogens is 2. The van der Waals surface area contributed by atoms with Gasteiger partial charge in [-0.05, 0) is 6.07 Å². The monoisotopic (exact) mass is 199 g/mol. The molecule has 1 aromatic heterocycles. The normalized spacial score (nSPS) is 17.2. The zero-order valence-corrected chi connectivity index (χ0v) is 8.17. The number of ether oxygens (including phenoxy) is 1. The third kappa shape index (κ3) is 2.38. The summed E-state index contributed by atoms with van der Waals surface area (Å²) < 4.78 is 6.96. The molecule has 4 nitrogen and oxygen atoms in total. The summed E-state index contributed by atoms with van der Waals surface area (Å²) in [5, 5.41) is 4.80. The second kappa shape index (κ2) is 4.02. The van der Waals surface area contributed by atoms with Crippen molar-refractivity contribution in [2.45, 2.75) is 11.8 Å². The van der Waals surface area contributed by atoms with Crippen LogP contribution in [0, 0.1) is 0 Å². The van der Waals surface area contributed by atoms with E-state index in [1.165, 1.54) is 0 Å². The van der Waals surface area contributed by atoms with Crippen LogP contribution in [-0.4, -0.2) is 34.0 Å². The van der Waals surface area contributed by atoms with E-state index in [1.807, 2.05) is 28.7 Å². The van der Waals surface area contributed by atoms with Gasteiger partial charge in [0.25, 0.3) is 0 Å². The zero-order chi connectivity index (χ0) is 9.10. The lowest BCUT2D eigenvalue weighted by molar-refractivity contribution is 0.0455. The van der Waals surface area contributed by atoms with E-state index in [-0.39, 0.29) is 0 Å². The van der Waals surface area contributed by atoms with E-state index in [0.29, 0.717) is 11.1 Å². The highest BCUT2D eigenvalue weighted by molar-refractivity contribution is 8.00. The van der Waals surface area contributed by atoms with Gasteiger partial charge in [0, 0.05) is 11.9 Å². The van der Waals surface area contributed by atoms with Gasteiger partial charge in [-0.1, -0.05) is 0 Å². The van der Waals surface area contributed by atoms with Crippen LogP contribution in [0.1, 0.15) is 0 Å². The summed E-state index contributed by atoms with van der Waals surface area (Å²) in [5.41, 5.74) is 5.49. The summed E-state index contributed by atoms with van der Waals surface area (Å²) in [6.07, 6.45) is 1.91. The molecule has 1 aliphatic heterocycles. The number of anilines is 1. The Labute approximate surface area is 81.4 Å². The fraction of sp³-hybridized carbons (Fsp3) is 0.625. The Morgan fingerprint density at radius 1 is 1.69 bits per heavy atom. The zero-order valence-electron chi connectivity index (χ0n) is 7.35. The minimum atomic E-state index is 0.594. The average molecular weight is 199 g/mol. The molecule has 1 fully saturated rings. The number of hydrogen-bond donors (Lipinski definition) is 1. The highest BCUT2D eigenvalue weighted by Crippen LogP contribution is 2.18. The first kappa shape index (κ1) is 8.90. The second-order valence-corrected chi connectivity index (χ2v) is 4.44. The third-order valence-electron chi connectivity index (χ3n) is 1.94. The number of nitrogens with two attached hydrogens (primary N) is 1. The van der Waals surface area contributed by atoms with Crippen molar-refractivity contribution in [3.8, 4) is 0 Å². The van der Waals surface area contributed by atoms with Gasteiger partial charge in [-0.2, -0.15) is 16.9 Å². The Morgan fingerprint density at radius 3 is 3.08 bits per heavy atom. The Hall–Kier alpha value is -0.680. The van der Waals surface area contributed by atoms with Crippen molar-refractivity contribution >= 4 is 17.6 Å².